The number of nitrogens with one attached hydrogen (secondary N) is 1. The number of H-pyrrole nitrogens is 1. The first-order valence-corrected chi connectivity index (χ1v) is 9.60. The lowest BCUT2D eigenvalue weighted by Crippen LogP contribution is -2.41. The summed E-state index contributed by atoms with van der Waals surface area (Å²) in [5.41, 5.74) is 5.24. The van der Waals surface area contributed by atoms with E-state index in [1.807, 2.05) is 6.92 Å². The number of aromatic nitrogens is 2. The summed E-state index contributed by atoms with van der Waals surface area (Å²) in [6.45, 7) is 2.22. The summed E-state index contributed by atoms with van der Waals surface area (Å²) in [5, 5.41) is 0. The van der Waals surface area contributed by atoms with Crippen LogP contribution in [0.5, 0.6) is 0 Å². The fourth-order valence-corrected chi connectivity index (χ4v) is 3.10. The highest BCUT2D eigenvalue weighted by Gasteiger charge is 2.25. The van der Waals surface area contributed by atoms with Crippen molar-refractivity contribution in [2.75, 3.05) is 10.6 Å². The molecule has 1 aromatic carbocycles. The van der Waals surface area contributed by atoms with Gasteiger partial charge in [-0.05, 0) is 36.2 Å². The Balaban J connectivity index is 2.03. The number of halogens is 1. The van der Waals surface area contributed by atoms with Gasteiger partial charge in [0.2, 0.25) is 5.91 Å². The van der Waals surface area contributed by atoms with E-state index in [2.05, 4.69) is 4.98 Å². The minimum atomic E-state index is -0.760. The number of nitrogens with two attached hydrogens (primary N) is 1. The topological polar surface area (TPSA) is 114 Å². The Morgan fingerprint density at radius 3 is 2.60 bits per heavy atom. The lowest BCUT2D eigenvalue weighted by Gasteiger charge is -2.24. The molecule has 30 heavy (non-hydrogen) atoms. The Labute approximate surface area is 171 Å². The van der Waals surface area contributed by atoms with Gasteiger partial charge < -0.3 is 10.2 Å². The molecular weight excluding hydrogens is 391 g/mol. The minimum Gasteiger partial charge on any atom is -0.467 e. The molecule has 2 heterocycles. The summed E-state index contributed by atoms with van der Waals surface area (Å²) in [6, 6.07) is 8.82. The average molecular weight is 414 g/mol. The molecule has 0 saturated carbocycles. The number of nitrogens with zero attached hydrogens (tertiary/aromatic N) is 2. The van der Waals surface area contributed by atoms with Gasteiger partial charge in [0.25, 0.3) is 5.56 Å². The molecule has 0 radical (unpaired) electrons. The molecule has 3 aromatic rings. The predicted molar refractivity (Wildman–Crippen MR) is 111 cm³/mol. The van der Waals surface area contributed by atoms with E-state index in [0.717, 1.165) is 6.42 Å². The molecule has 0 aliphatic rings. The van der Waals surface area contributed by atoms with E-state index in [4.69, 9.17) is 10.2 Å². The monoisotopic (exact) mass is 414 g/mol. The van der Waals surface area contributed by atoms with Gasteiger partial charge in [0.1, 0.15) is 17.4 Å². The Morgan fingerprint density at radius 2 is 1.97 bits per heavy atom. The van der Waals surface area contributed by atoms with Crippen molar-refractivity contribution in [3.05, 3.63) is 80.6 Å². The van der Waals surface area contributed by atoms with Crippen LogP contribution in [-0.2, 0) is 24.3 Å². The number of anilines is 2. The SMILES string of the molecule is CCCCn1c(N)c(N(Cc2ccco2)C(=O)Cc2ccc(F)cc2)c(=O)[nH]c1=O. The van der Waals surface area contributed by atoms with Crippen LogP contribution in [0.15, 0.2) is 56.7 Å². The first-order valence-electron chi connectivity index (χ1n) is 9.60. The first kappa shape index (κ1) is 21.1. The molecule has 0 atom stereocenters. The van der Waals surface area contributed by atoms with Crippen LogP contribution in [0.4, 0.5) is 15.9 Å². The van der Waals surface area contributed by atoms with Gasteiger partial charge in [-0.3, -0.25) is 24.0 Å². The highest BCUT2D eigenvalue weighted by atomic mass is 19.1. The summed E-state index contributed by atoms with van der Waals surface area (Å²) < 4.78 is 19.8. The van der Waals surface area contributed by atoms with E-state index in [1.54, 1.807) is 12.1 Å². The third-order valence-corrected chi connectivity index (χ3v) is 4.68. The van der Waals surface area contributed by atoms with Crippen molar-refractivity contribution in [2.24, 2.45) is 0 Å². The fourth-order valence-electron chi connectivity index (χ4n) is 3.10. The van der Waals surface area contributed by atoms with Crippen molar-refractivity contribution in [3.8, 4) is 0 Å². The molecule has 158 valence electrons. The minimum absolute atomic E-state index is 0.0493. The lowest BCUT2D eigenvalue weighted by atomic mass is 10.1. The Morgan fingerprint density at radius 1 is 1.23 bits per heavy atom. The third-order valence-electron chi connectivity index (χ3n) is 4.68. The number of carbonyl (C=O) groups is 1. The van der Waals surface area contributed by atoms with Crippen LogP contribution >= 0.6 is 0 Å². The Hall–Kier alpha value is -3.62. The van der Waals surface area contributed by atoms with Crippen molar-refractivity contribution >= 4 is 17.4 Å². The van der Waals surface area contributed by atoms with Crippen molar-refractivity contribution in [3.63, 3.8) is 0 Å². The molecule has 0 saturated heterocycles. The van der Waals surface area contributed by atoms with Gasteiger partial charge in [0, 0.05) is 6.54 Å². The number of benzene rings is 1. The number of nitrogen functional groups attached to an aromatic ring is 1. The Kier molecular flexibility index (Phi) is 6.51. The molecule has 8 nitrogen and oxygen atoms in total. The van der Waals surface area contributed by atoms with Crippen LogP contribution in [0.2, 0.25) is 0 Å². The van der Waals surface area contributed by atoms with Gasteiger partial charge in [-0.15, -0.1) is 0 Å². The van der Waals surface area contributed by atoms with Crippen LogP contribution < -0.4 is 21.9 Å². The maximum Gasteiger partial charge on any atom is 0.330 e. The number of hydrogen-bond acceptors (Lipinski definition) is 5. The van der Waals surface area contributed by atoms with Crippen LogP contribution in [0.25, 0.3) is 0 Å². The largest absolute Gasteiger partial charge is 0.467 e. The number of carbonyl (C=O) groups excluding carboxylic acids is 1. The zero-order valence-electron chi connectivity index (χ0n) is 16.6. The molecule has 3 N–H and O–H groups in total. The van der Waals surface area contributed by atoms with E-state index >= 15 is 0 Å². The highest BCUT2D eigenvalue weighted by Crippen LogP contribution is 2.21. The second kappa shape index (κ2) is 9.25. The number of unbranched alkanes of at least 4 members (excludes halogenated alkanes) is 1. The number of amides is 1. The summed E-state index contributed by atoms with van der Waals surface area (Å²) in [5.74, 6) is -0.512. The zero-order valence-corrected chi connectivity index (χ0v) is 16.6. The van der Waals surface area contributed by atoms with E-state index in [1.165, 1.54) is 40.0 Å². The summed E-state index contributed by atoms with van der Waals surface area (Å²) in [4.78, 5) is 41.4. The first-order chi connectivity index (χ1) is 14.4. The summed E-state index contributed by atoms with van der Waals surface area (Å²) in [6.07, 6.45) is 2.86. The molecule has 3 rings (SSSR count). The predicted octanol–water partition coefficient (Wildman–Crippen LogP) is 2.43. The van der Waals surface area contributed by atoms with Crippen molar-refractivity contribution in [1.82, 2.24) is 9.55 Å². The normalized spacial score (nSPS) is 10.9. The zero-order chi connectivity index (χ0) is 21.7. The number of rotatable bonds is 8. The van der Waals surface area contributed by atoms with Gasteiger partial charge in [-0.25, -0.2) is 9.18 Å². The lowest BCUT2D eigenvalue weighted by molar-refractivity contribution is -0.118. The van der Waals surface area contributed by atoms with Crippen LogP contribution in [0.3, 0.4) is 0 Å². The van der Waals surface area contributed by atoms with Crippen LogP contribution in [0.1, 0.15) is 31.1 Å². The second-order valence-electron chi connectivity index (χ2n) is 6.86. The molecule has 0 bridgehead atoms. The third kappa shape index (κ3) is 4.68. The second-order valence-corrected chi connectivity index (χ2v) is 6.86. The number of aromatic amines is 1. The maximum absolute atomic E-state index is 13.2. The maximum atomic E-state index is 13.2. The van der Waals surface area contributed by atoms with Crippen molar-refractivity contribution in [2.45, 2.75) is 39.3 Å². The molecule has 0 aliphatic heterocycles. The van der Waals surface area contributed by atoms with E-state index in [-0.39, 0.29) is 24.5 Å². The molecule has 9 heteroatoms. The fraction of sp³-hybridized carbons (Fsp3) is 0.286. The smallest absolute Gasteiger partial charge is 0.330 e. The standard InChI is InChI=1S/C21H23FN4O4/c1-2-3-10-25-19(23)18(20(28)24-21(25)29)26(13-16-5-4-11-30-16)17(27)12-14-6-8-15(22)9-7-14/h4-9,11H,2-3,10,12-13,23H2,1H3,(H,24,28,29). The number of hydrogen-bond donors (Lipinski definition) is 2. The van der Waals surface area contributed by atoms with E-state index in [9.17, 15) is 18.8 Å². The average Bonchev–Trinajstić information content (AvgIpc) is 3.22. The van der Waals surface area contributed by atoms with E-state index < -0.39 is 23.0 Å². The summed E-state index contributed by atoms with van der Waals surface area (Å²) >= 11 is 0. The summed E-state index contributed by atoms with van der Waals surface area (Å²) in [7, 11) is 0. The number of furan rings is 1. The van der Waals surface area contributed by atoms with Crippen molar-refractivity contribution in [1.29, 1.82) is 0 Å². The van der Waals surface area contributed by atoms with Gasteiger partial charge in [-0.1, -0.05) is 25.5 Å². The van der Waals surface area contributed by atoms with Gasteiger partial charge >= 0.3 is 5.69 Å². The molecule has 0 spiro atoms. The van der Waals surface area contributed by atoms with Gasteiger partial charge in [0.05, 0.1) is 19.2 Å². The molecule has 1 amide bonds. The molecule has 2 aromatic heterocycles. The van der Waals surface area contributed by atoms with Gasteiger partial charge in [0.15, 0.2) is 5.69 Å². The molecule has 0 fully saturated rings. The molecular formula is C21H23FN4O4. The Bertz CT molecular complexity index is 1120. The van der Waals surface area contributed by atoms with Crippen LogP contribution in [0, 0.1) is 5.82 Å². The van der Waals surface area contributed by atoms with Gasteiger partial charge in [-0.2, -0.15) is 0 Å². The quantitative estimate of drug-likeness (QED) is 0.588. The van der Waals surface area contributed by atoms with E-state index in [0.29, 0.717) is 24.3 Å². The molecule has 0 unspecified atom stereocenters. The van der Waals surface area contributed by atoms with Crippen LogP contribution in [-0.4, -0.2) is 15.5 Å². The van der Waals surface area contributed by atoms with Crippen molar-refractivity contribution < 1.29 is 13.6 Å². The highest BCUT2D eigenvalue weighted by molar-refractivity contribution is 5.96. The molecule has 0 aliphatic carbocycles.